The number of anilines is 1. The summed E-state index contributed by atoms with van der Waals surface area (Å²) in [5.74, 6) is 1.05. The van der Waals surface area contributed by atoms with Gasteiger partial charge >= 0.3 is 6.18 Å². The van der Waals surface area contributed by atoms with E-state index in [1.165, 1.54) is 25.5 Å². The smallest absolute Gasteiger partial charge is 0.416 e. The van der Waals surface area contributed by atoms with Crippen molar-refractivity contribution in [1.82, 2.24) is 0 Å². The molecule has 0 radical (unpaired) electrons. The summed E-state index contributed by atoms with van der Waals surface area (Å²) >= 11 is 14.2. The van der Waals surface area contributed by atoms with Crippen molar-refractivity contribution in [3.05, 3.63) is 84.9 Å². The average Bonchev–Trinajstić information content (AvgIpc) is 2.73. The molecule has 3 aromatic carbocycles. The Morgan fingerprint density at radius 3 is 2.41 bits per heavy atom. The van der Waals surface area contributed by atoms with Crippen LogP contribution in [0.5, 0.6) is 11.5 Å². The summed E-state index contributed by atoms with van der Waals surface area (Å²) in [6.07, 6.45) is -2.85. The highest BCUT2D eigenvalue weighted by Gasteiger charge is 2.29. The van der Waals surface area contributed by atoms with E-state index in [9.17, 15) is 13.2 Å². The van der Waals surface area contributed by atoms with Gasteiger partial charge < -0.3 is 9.47 Å². The third-order valence-electron chi connectivity index (χ3n) is 4.26. The molecular weight excluding hydrogens is 579 g/mol. The highest BCUT2D eigenvalue weighted by atomic mass is 127. The average molecular weight is 595 g/mol. The first kappa shape index (κ1) is 24.5. The molecule has 0 aliphatic rings. The van der Waals surface area contributed by atoms with E-state index in [1.54, 1.807) is 24.3 Å². The number of hydrogen-bond acceptors (Lipinski definition) is 4. The molecule has 0 aliphatic heterocycles. The molecule has 0 unspecified atom stereocenters. The van der Waals surface area contributed by atoms with E-state index in [0.29, 0.717) is 32.8 Å². The Kier molecular flexibility index (Phi) is 8.13. The third-order valence-corrected chi connectivity index (χ3v) is 5.65. The van der Waals surface area contributed by atoms with E-state index in [0.717, 1.165) is 21.3 Å². The van der Waals surface area contributed by atoms with Gasteiger partial charge in [0.05, 0.1) is 28.1 Å². The Labute approximate surface area is 206 Å². The van der Waals surface area contributed by atoms with Crippen LogP contribution in [0.25, 0.3) is 0 Å². The van der Waals surface area contributed by atoms with Crippen LogP contribution >= 0.6 is 45.8 Å². The summed E-state index contributed by atoms with van der Waals surface area (Å²) in [4.78, 5) is 0. The fourth-order valence-corrected chi connectivity index (χ4v) is 3.90. The van der Waals surface area contributed by atoms with Crippen molar-refractivity contribution in [2.75, 3.05) is 12.5 Å². The SMILES string of the molecule is COc1cc(/C=N/Nc2ccc(C(F)(F)F)cc2)cc(I)c1OCc1ccc(Cl)cc1Cl. The number of nitrogens with one attached hydrogen (secondary N) is 1. The number of alkyl halides is 3. The van der Waals surface area contributed by atoms with Crippen LogP contribution in [0.15, 0.2) is 59.7 Å². The Balaban J connectivity index is 1.70. The fraction of sp³-hybridized carbons (Fsp3) is 0.136. The van der Waals surface area contributed by atoms with Gasteiger partial charge in [-0.1, -0.05) is 29.3 Å². The van der Waals surface area contributed by atoms with Gasteiger partial charge in [0.15, 0.2) is 11.5 Å². The van der Waals surface area contributed by atoms with Crippen LogP contribution < -0.4 is 14.9 Å². The zero-order valence-electron chi connectivity index (χ0n) is 16.5. The first-order valence-electron chi connectivity index (χ1n) is 9.08. The summed E-state index contributed by atoms with van der Waals surface area (Å²) in [7, 11) is 1.52. The maximum absolute atomic E-state index is 12.6. The van der Waals surface area contributed by atoms with Crippen LogP contribution in [0.2, 0.25) is 10.0 Å². The number of rotatable bonds is 7. The zero-order valence-corrected chi connectivity index (χ0v) is 20.2. The lowest BCUT2D eigenvalue weighted by Gasteiger charge is -2.14. The quantitative estimate of drug-likeness (QED) is 0.174. The van der Waals surface area contributed by atoms with Gasteiger partial charge in [0, 0.05) is 15.6 Å². The zero-order chi connectivity index (χ0) is 23.3. The van der Waals surface area contributed by atoms with Gasteiger partial charge in [-0.15, -0.1) is 0 Å². The molecule has 0 aliphatic carbocycles. The molecule has 168 valence electrons. The van der Waals surface area contributed by atoms with Gasteiger partial charge in [0.1, 0.15) is 6.61 Å². The van der Waals surface area contributed by atoms with Crippen molar-refractivity contribution in [3.8, 4) is 11.5 Å². The molecule has 10 heteroatoms. The van der Waals surface area contributed by atoms with Gasteiger partial charge in [-0.25, -0.2) is 0 Å². The molecule has 0 spiro atoms. The molecule has 0 saturated heterocycles. The fourth-order valence-electron chi connectivity index (χ4n) is 2.66. The molecule has 0 heterocycles. The standard InChI is InChI=1S/C22H16Cl2F3IN2O2/c1-31-20-9-13(11-29-30-17-6-3-15(4-7-17)22(25,26)27)8-19(28)21(20)32-12-14-2-5-16(23)10-18(14)24/h2-11,30H,12H2,1H3/b29-11+. The largest absolute Gasteiger partial charge is 0.493 e. The first-order chi connectivity index (χ1) is 15.2. The molecule has 0 fully saturated rings. The molecule has 0 saturated carbocycles. The number of halogens is 6. The third kappa shape index (κ3) is 6.43. The minimum absolute atomic E-state index is 0.227. The molecule has 3 rings (SSSR count). The Hall–Kier alpha value is -2.17. The monoisotopic (exact) mass is 594 g/mol. The van der Waals surface area contributed by atoms with Crippen LogP contribution in [0.3, 0.4) is 0 Å². The number of hydrogen-bond donors (Lipinski definition) is 1. The predicted octanol–water partition coefficient (Wildman–Crippen LogP) is 7.65. The molecule has 0 bridgehead atoms. The normalized spacial score (nSPS) is 11.6. The van der Waals surface area contributed by atoms with Crippen molar-refractivity contribution >= 4 is 57.7 Å². The molecule has 0 amide bonds. The van der Waals surface area contributed by atoms with Gasteiger partial charge in [-0.2, -0.15) is 18.3 Å². The second-order valence-corrected chi connectivity index (χ2v) is 8.51. The highest BCUT2D eigenvalue weighted by Crippen LogP contribution is 2.35. The van der Waals surface area contributed by atoms with Crippen LogP contribution in [-0.4, -0.2) is 13.3 Å². The number of benzene rings is 3. The van der Waals surface area contributed by atoms with Crippen LogP contribution in [0, 0.1) is 3.57 Å². The molecule has 3 aromatic rings. The summed E-state index contributed by atoms with van der Waals surface area (Å²) in [5.41, 5.74) is 3.90. The maximum Gasteiger partial charge on any atom is 0.416 e. The molecular formula is C22H16Cl2F3IN2O2. The Bertz CT molecular complexity index is 1120. The molecule has 0 aromatic heterocycles. The number of nitrogens with zero attached hydrogens (tertiary/aromatic N) is 1. The molecule has 1 N–H and O–H groups in total. The summed E-state index contributed by atoms with van der Waals surface area (Å²) in [6, 6.07) is 13.3. The van der Waals surface area contributed by atoms with E-state index >= 15 is 0 Å². The van der Waals surface area contributed by atoms with E-state index in [-0.39, 0.29) is 6.61 Å². The van der Waals surface area contributed by atoms with Crippen molar-refractivity contribution in [3.63, 3.8) is 0 Å². The Morgan fingerprint density at radius 2 is 1.78 bits per heavy atom. The minimum atomic E-state index is -4.38. The lowest BCUT2D eigenvalue weighted by atomic mass is 10.2. The van der Waals surface area contributed by atoms with E-state index < -0.39 is 11.7 Å². The van der Waals surface area contributed by atoms with Crippen LogP contribution in [0.1, 0.15) is 16.7 Å². The number of hydrazone groups is 1. The van der Waals surface area contributed by atoms with Crippen LogP contribution in [-0.2, 0) is 12.8 Å². The van der Waals surface area contributed by atoms with Crippen molar-refractivity contribution in [1.29, 1.82) is 0 Å². The number of ether oxygens (including phenoxy) is 2. The van der Waals surface area contributed by atoms with Crippen molar-refractivity contribution < 1.29 is 22.6 Å². The first-order valence-corrected chi connectivity index (χ1v) is 10.9. The van der Waals surface area contributed by atoms with E-state index in [1.807, 2.05) is 6.07 Å². The molecule has 0 atom stereocenters. The number of methoxy groups -OCH3 is 1. The van der Waals surface area contributed by atoms with Gasteiger partial charge in [-0.3, -0.25) is 5.43 Å². The van der Waals surface area contributed by atoms with Gasteiger partial charge in [-0.05, 0) is 76.7 Å². The second kappa shape index (κ2) is 10.6. The van der Waals surface area contributed by atoms with Gasteiger partial charge in [0.25, 0.3) is 0 Å². The maximum atomic E-state index is 12.6. The minimum Gasteiger partial charge on any atom is -0.493 e. The summed E-state index contributed by atoms with van der Waals surface area (Å²) < 4.78 is 50.1. The lowest BCUT2D eigenvalue weighted by molar-refractivity contribution is -0.137. The highest BCUT2D eigenvalue weighted by molar-refractivity contribution is 14.1. The lowest BCUT2D eigenvalue weighted by Crippen LogP contribution is -2.04. The predicted molar refractivity (Wildman–Crippen MR) is 129 cm³/mol. The summed E-state index contributed by atoms with van der Waals surface area (Å²) in [5, 5.41) is 5.12. The topological polar surface area (TPSA) is 42.8 Å². The second-order valence-electron chi connectivity index (χ2n) is 6.50. The Morgan fingerprint density at radius 1 is 1.06 bits per heavy atom. The molecule has 4 nitrogen and oxygen atoms in total. The van der Waals surface area contributed by atoms with E-state index in [4.69, 9.17) is 32.7 Å². The van der Waals surface area contributed by atoms with E-state index in [2.05, 4.69) is 33.1 Å². The van der Waals surface area contributed by atoms with Gasteiger partial charge in [0.2, 0.25) is 0 Å². The van der Waals surface area contributed by atoms with Crippen LogP contribution in [0.4, 0.5) is 18.9 Å². The van der Waals surface area contributed by atoms with Crippen molar-refractivity contribution in [2.45, 2.75) is 12.8 Å². The summed E-state index contributed by atoms with van der Waals surface area (Å²) in [6.45, 7) is 0.227. The molecule has 32 heavy (non-hydrogen) atoms. The van der Waals surface area contributed by atoms with Crippen molar-refractivity contribution in [2.24, 2.45) is 5.10 Å².